The van der Waals surface area contributed by atoms with Gasteiger partial charge in [-0.3, -0.25) is 9.48 Å². The molecule has 0 N–H and O–H groups in total. The van der Waals surface area contributed by atoms with Crippen molar-refractivity contribution in [1.82, 2.24) is 9.78 Å². The Balaban J connectivity index is 1.64. The summed E-state index contributed by atoms with van der Waals surface area (Å²) < 4.78 is 7.11. The summed E-state index contributed by atoms with van der Waals surface area (Å²) in [6.45, 7) is 6.17. The van der Waals surface area contributed by atoms with Crippen LogP contribution in [-0.4, -0.2) is 41.9 Å². The zero-order valence-electron chi connectivity index (χ0n) is 13.3. The van der Waals surface area contributed by atoms with Crippen LogP contribution in [0.25, 0.3) is 6.08 Å². The van der Waals surface area contributed by atoms with Gasteiger partial charge in [0.05, 0.1) is 25.0 Å². The van der Waals surface area contributed by atoms with Crippen LogP contribution in [0.4, 0.5) is 5.69 Å². The molecule has 1 fully saturated rings. The molecule has 0 unspecified atom stereocenters. The first-order valence-electron chi connectivity index (χ1n) is 7.94. The van der Waals surface area contributed by atoms with Gasteiger partial charge in [-0.25, -0.2) is 0 Å². The van der Waals surface area contributed by atoms with E-state index in [4.69, 9.17) is 4.74 Å². The van der Waals surface area contributed by atoms with Crippen molar-refractivity contribution >= 4 is 17.5 Å². The van der Waals surface area contributed by atoms with E-state index in [9.17, 15) is 4.79 Å². The minimum Gasteiger partial charge on any atom is -0.378 e. The predicted octanol–water partition coefficient (Wildman–Crippen LogP) is 2.64. The molecule has 23 heavy (non-hydrogen) atoms. The van der Waals surface area contributed by atoms with E-state index in [1.54, 1.807) is 23.2 Å². The number of carbonyl (C=O) groups excluding carboxylic acids is 1. The summed E-state index contributed by atoms with van der Waals surface area (Å²) >= 11 is 0. The van der Waals surface area contributed by atoms with Crippen molar-refractivity contribution < 1.29 is 9.53 Å². The van der Waals surface area contributed by atoms with Crippen molar-refractivity contribution in [2.75, 3.05) is 31.2 Å². The lowest BCUT2D eigenvalue weighted by Gasteiger charge is -2.28. The Morgan fingerprint density at radius 3 is 2.65 bits per heavy atom. The number of ether oxygens (including phenoxy) is 1. The number of hydrogen-bond donors (Lipinski definition) is 0. The van der Waals surface area contributed by atoms with Crippen LogP contribution in [0.1, 0.15) is 22.8 Å². The number of ketones is 1. The number of benzene rings is 1. The van der Waals surface area contributed by atoms with Gasteiger partial charge in [-0.15, -0.1) is 0 Å². The number of allylic oxidation sites excluding steroid dienone is 1. The Morgan fingerprint density at radius 1 is 1.26 bits per heavy atom. The lowest BCUT2D eigenvalue weighted by Crippen LogP contribution is -2.36. The molecule has 2 aromatic rings. The van der Waals surface area contributed by atoms with E-state index in [0.29, 0.717) is 5.56 Å². The van der Waals surface area contributed by atoms with Crippen molar-refractivity contribution in [1.29, 1.82) is 0 Å². The molecule has 1 saturated heterocycles. The highest BCUT2D eigenvalue weighted by atomic mass is 16.5. The Bertz CT molecular complexity index is 683. The molecule has 0 amide bonds. The van der Waals surface area contributed by atoms with Gasteiger partial charge < -0.3 is 9.64 Å². The van der Waals surface area contributed by atoms with E-state index >= 15 is 0 Å². The number of rotatable bonds is 5. The zero-order valence-corrected chi connectivity index (χ0v) is 13.3. The first-order chi connectivity index (χ1) is 11.3. The molecule has 0 saturated carbocycles. The van der Waals surface area contributed by atoms with Crippen molar-refractivity contribution in [2.45, 2.75) is 13.5 Å². The number of morpholine rings is 1. The molecule has 0 atom stereocenters. The summed E-state index contributed by atoms with van der Waals surface area (Å²) in [5.74, 6) is -0.0260. The minimum atomic E-state index is -0.0260. The maximum Gasteiger partial charge on any atom is 0.189 e. The van der Waals surface area contributed by atoms with Gasteiger partial charge >= 0.3 is 0 Å². The summed E-state index contributed by atoms with van der Waals surface area (Å²) in [4.78, 5) is 14.4. The first kappa shape index (κ1) is 15.5. The van der Waals surface area contributed by atoms with Crippen LogP contribution in [0.5, 0.6) is 0 Å². The van der Waals surface area contributed by atoms with Crippen LogP contribution < -0.4 is 4.90 Å². The van der Waals surface area contributed by atoms with Crippen LogP contribution in [0.3, 0.4) is 0 Å². The molecule has 120 valence electrons. The quantitative estimate of drug-likeness (QED) is 0.629. The van der Waals surface area contributed by atoms with Crippen molar-refractivity contribution in [2.24, 2.45) is 0 Å². The van der Waals surface area contributed by atoms with Crippen LogP contribution in [0.2, 0.25) is 0 Å². The molecule has 0 bridgehead atoms. The molecule has 1 aromatic carbocycles. The van der Waals surface area contributed by atoms with Crippen molar-refractivity contribution in [3.05, 3.63) is 53.9 Å². The third kappa shape index (κ3) is 3.87. The van der Waals surface area contributed by atoms with Gasteiger partial charge in [-0.2, -0.15) is 5.10 Å². The summed E-state index contributed by atoms with van der Waals surface area (Å²) in [6, 6.07) is 8.24. The van der Waals surface area contributed by atoms with Crippen LogP contribution in [0, 0.1) is 0 Å². The van der Waals surface area contributed by atoms with E-state index in [2.05, 4.69) is 22.1 Å². The third-order valence-electron chi connectivity index (χ3n) is 3.94. The van der Waals surface area contributed by atoms with Gasteiger partial charge in [0.15, 0.2) is 5.78 Å². The monoisotopic (exact) mass is 311 g/mol. The topological polar surface area (TPSA) is 47.4 Å². The maximum atomic E-state index is 12.1. The second kappa shape index (κ2) is 7.24. The highest BCUT2D eigenvalue weighted by Gasteiger charge is 2.10. The SMILES string of the molecule is CCn1cc(C(=O)C=Cc2ccc(N3CCOCC3)cc2)cn1. The Kier molecular flexibility index (Phi) is 4.88. The van der Waals surface area contributed by atoms with Crippen LogP contribution >= 0.6 is 0 Å². The number of hydrogen-bond acceptors (Lipinski definition) is 4. The molecule has 5 nitrogen and oxygen atoms in total. The van der Waals surface area contributed by atoms with Gasteiger partial charge in [0.2, 0.25) is 0 Å². The molecule has 1 aliphatic rings. The summed E-state index contributed by atoms with van der Waals surface area (Å²) in [5.41, 5.74) is 2.83. The summed E-state index contributed by atoms with van der Waals surface area (Å²) in [6.07, 6.45) is 6.82. The standard InChI is InChI=1S/C18H21N3O2/c1-2-21-14-16(13-19-21)18(22)8-5-15-3-6-17(7-4-15)20-9-11-23-12-10-20/h3-8,13-14H,2,9-12H2,1H3. The Morgan fingerprint density at radius 2 is 2.00 bits per heavy atom. The fourth-order valence-corrected chi connectivity index (χ4v) is 2.55. The first-order valence-corrected chi connectivity index (χ1v) is 7.94. The van der Waals surface area contributed by atoms with Gasteiger partial charge in [0, 0.05) is 31.5 Å². The molecule has 3 rings (SSSR count). The zero-order chi connectivity index (χ0) is 16.1. The van der Waals surface area contributed by atoms with Crippen LogP contribution in [-0.2, 0) is 11.3 Å². The third-order valence-corrected chi connectivity index (χ3v) is 3.94. The minimum absolute atomic E-state index is 0.0260. The fourth-order valence-electron chi connectivity index (χ4n) is 2.55. The van der Waals surface area contributed by atoms with Gasteiger partial charge in [0.25, 0.3) is 0 Å². The Hall–Kier alpha value is -2.40. The second-order valence-corrected chi connectivity index (χ2v) is 5.47. The fraction of sp³-hybridized carbons (Fsp3) is 0.333. The number of carbonyl (C=O) groups is 1. The number of anilines is 1. The van der Waals surface area contributed by atoms with E-state index < -0.39 is 0 Å². The van der Waals surface area contributed by atoms with Crippen molar-refractivity contribution in [3.8, 4) is 0 Å². The molecular formula is C18H21N3O2. The molecular weight excluding hydrogens is 290 g/mol. The summed E-state index contributed by atoms with van der Waals surface area (Å²) in [7, 11) is 0. The molecule has 0 aliphatic carbocycles. The maximum absolute atomic E-state index is 12.1. The molecule has 0 spiro atoms. The lowest BCUT2D eigenvalue weighted by atomic mass is 10.1. The molecule has 2 heterocycles. The highest BCUT2D eigenvalue weighted by molar-refractivity contribution is 6.06. The van der Waals surface area contributed by atoms with Gasteiger partial charge in [-0.05, 0) is 30.7 Å². The number of nitrogens with zero attached hydrogens (tertiary/aromatic N) is 3. The normalized spacial score (nSPS) is 15.3. The van der Waals surface area contributed by atoms with E-state index in [1.807, 2.05) is 25.1 Å². The second-order valence-electron chi connectivity index (χ2n) is 5.47. The van der Waals surface area contributed by atoms with Gasteiger partial charge in [-0.1, -0.05) is 18.2 Å². The molecule has 0 radical (unpaired) electrons. The Labute approximate surface area is 136 Å². The van der Waals surface area contributed by atoms with Crippen molar-refractivity contribution in [3.63, 3.8) is 0 Å². The predicted molar refractivity (Wildman–Crippen MR) is 90.7 cm³/mol. The van der Waals surface area contributed by atoms with Gasteiger partial charge in [0.1, 0.15) is 0 Å². The average molecular weight is 311 g/mol. The number of aryl methyl sites for hydroxylation is 1. The smallest absolute Gasteiger partial charge is 0.189 e. The molecule has 1 aromatic heterocycles. The lowest BCUT2D eigenvalue weighted by molar-refractivity contribution is 0.104. The summed E-state index contributed by atoms with van der Waals surface area (Å²) in [5, 5.41) is 4.12. The van der Waals surface area contributed by atoms with Crippen LogP contribution in [0.15, 0.2) is 42.7 Å². The largest absolute Gasteiger partial charge is 0.378 e. The van der Waals surface area contributed by atoms with E-state index in [0.717, 1.165) is 38.4 Å². The molecule has 5 heteroatoms. The van der Waals surface area contributed by atoms with E-state index in [1.165, 1.54) is 5.69 Å². The number of aromatic nitrogens is 2. The average Bonchev–Trinajstić information content (AvgIpc) is 3.10. The molecule has 1 aliphatic heterocycles. The van der Waals surface area contributed by atoms with E-state index in [-0.39, 0.29) is 5.78 Å². The highest BCUT2D eigenvalue weighted by Crippen LogP contribution is 2.17.